The van der Waals surface area contributed by atoms with Crippen molar-refractivity contribution in [3.8, 4) is 0 Å². The number of nitrogens with zero attached hydrogens (tertiary/aromatic N) is 1. The summed E-state index contributed by atoms with van der Waals surface area (Å²) in [6.45, 7) is 0. The second kappa shape index (κ2) is 4.93. The summed E-state index contributed by atoms with van der Waals surface area (Å²) in [6.07, 6.45) is 7.23. The van der Waals surface area contributed by atoms with Gasteiger partial charge in [0.2, 0.25) is 0 Å². The molecule has 3 heteroatoms. The molecule has 1 atom stereocenters. The van der Waals surface area contributed by atoms with Crippen LogP contribution < -0.4 is 5.73 Å². The molecule has 16 heavy (non-hydrogen) atoms. The van der Waals surface area contributed by atoms with Crippen molar-refractivity contribution in [1.82, 2.24) is 4.98 Å². The molecule has 1 fully saturated rings. The molecule has 0 aromatic carbocycles. The minimum atomic E-state index is -0.114. The molecule has 0 saturated heterocycles. The fourth-order valence-electron chi connectivity index (χ4n) is 2.63. The molecule has 0 aliphatic heterocycles. The standard InChI is InChI=1S/C13H20N2O/c1-16-13(7-3-4-8-13)12(14)10-11-6-2-5-9-15-11/h2,5-6,9,12H,3-4,7-8,10,14H2,1H3. The Morgan fingerprint density at radius 2 is 2.19 bits per heavy atom. The van der Waals surface area contributed by atoms with Gasteiger partial charge >= 0.3 is 0 Å². The van der Waals surface area contributed by atoms with E-state index < -0.39 is 0 Å². The van der Waals surface area contributed by atoms with Gasteiger partial charge in [0, 0.05) is 31.5 Å². The maximum atomic E-state index is 6.29. The molecule has 3 nitrogen and oxygen atoms in total. The van der Waals surface area contributed by atoms with Crippen molar-refractivity contribution in [2.75, 3.05) is 7.11 Å². The second-order valence-electron chi connectivity index (χ2n) is 4.61. The third-order valence-corrected chi connectivity index (χ3v) is 3.69. The van der Waals surface area contributed by atoms with Crippen molar-refractivity contribution in [2.24, 2.45) is 5.73 Å². The van der Waals surface area contributed by atoms with Gasteiger partial charge in [-0.15, -0.1) is 0 Å². The first-order chi connectivity index (χ1) is 7.77. The minimum Gasteiger partial charge on any atom is -0.377 e. The molecule has 1 aromatic rings. The molecule has 1 aliphatic carbocycles. The van der Waals surface area contributed by atoms with E-state index in [4.69, 9.17) is 10.5 Å². The highest BCUT2D eigenvalue weighted by atomic mass is 16.5. The van der Waals surface area contributed by atoms with Crippen molar-refractivity contribution in [1.29, 1.82) is 0 Å². The van der Waals surface area contributed by atoms with E-state index in [0.717, 1.165) is 25.0 Å². The summed E-state index contributed by atoms with van der Waals surface area (Å²) in [5.41, 5.74) is 7.23. The Balaban J connectivity index is 2.04. The molecular formula is C13H20N2O. The van der Waals surface area contributed by atoms with Crippen molar-refractivity contribution < 1.29 is 4.74 Å². The van der Waals surface area contributed by atoms with Crippen LogP contribution in [0.15, 0.2) is 24.4 Å². The third kappa shape index (κ3) is 2.25. The van der Waals surface area contributed by atoms with Gasteiger partial charge in [-0.05, 0) is 25.0 Å². The molecule has 0 amide bonds. The third-order valence-electron chi connectivity index (χ3n) is 3.69. The first kappa shape index (κ1) is 11.6. The summed E-state index contributed by atoms with van der Waals surface area (Å²) in [5, 5.41) is 0. The Hall–Kier alpha value is -0.930. The lowest BCUT2D eigenvalue weighted by Gasteiger charge is -2.33. The van der Waals surface area contributed by atoms with Crippen LogP contribution >= 0.6 is 0 Å². The van der Waals surface area contributed by atoms with Crippen LogP contribution in [0.4, 0.5) is 0 Å². The molecule has 0 radical (unpaired) electrons. The van der Waals surface area contributed by atoms with Gasteiger partial charge in [-0.1, -0.05) is 18.9 Å². The summed E-state index contributed by atoms with van der Waals surface area (Å²) in [6, 6.07) is 6.01. The van der Waals surface area contributed by atoms with Crippen LogP contribution in [-0.4, -0.2) is 23.7 Å². The van der Waals surface area contributed by atoms with Gasteiger partial charge < -0.3 is 10.5 Å². The Labute approximate surface area is 97.0 Å². The first-order valence-electron chi connectivity index (χ1n) is 5.97. The zero-order valence-corrected chi connectivity index (χ0v) is 9.86. The van der Waals surface area contributed by atoms with E-state index in [0.29, 0.717) is 0 Å². The first-order valence-corrected chi connectivity index (χ1v) is 5.97. The van der Waals surface area contributed by atoms with Gasteiger partial charge in [-0.2, -0.15) is 0 Å². The molecule has 1 heterocycles. The van der Waals surface area contributed by atoms with Gasteiger partial charge in [-0.3, -0.25) is 4.98 Å². The number of hydrogen-bond donors (Lipinski definition) is 1. The lowest BCUT2D eigenvalue weighted by atomic mass is 9.89. The molecule has 0 bridgehead atoms. The van der Waals surface area contributed by atoms with Crippen LogP contribution in [0, 0.1) is 0 Å². The van der Waals surface area contributed by atoms with Crippen LogP contribution in [0.1, 0.15) is 31.4 Å². The largest absolute Gasteiger partial charge is 0.377 e. The molecule has 1 saturated carbocycles. The molecular weight excluding hydrogens is 200 g/mol. The summed E-state index contributed by atoms with van der Waals surface area (Å²) in [5.74, 6) is 0. The van der Waals surface area contributed by atoms with Crippen LogP contribution in [0.5, 0.6) is 0 Å². The lowest BCUT2D eigenvalue weighted by Crippen LogP contribution is -2.48. The molecule has 2 N–H and O–H groups in total. The maximum Gasteiger partial charge on any atom is 0.0832 e. The van der Waals surface area contributed by atoms with Crippen molar-refractivity contribution in [2.45, 2.75) is 43.7 Å². The number of methoxy groups -OCH3 is 1. The van der Waals surface area contributed by atoms with E-state index in [9.17, 15) is 0 Å². The van der Waals surface area contributed by atoms with Crippen molar-refractivity contribution in [3.63, 3.8) is 0 Å². The topological polar surface area (TPSA) is 48.1 Å². The highest BCUT2D eigenvalue weighted by Gasteiger charge is 2.39. The molecule has 1 aromatic heterocycles. The van der Waals surface area contributed by atoms with E-state index >= 15 is 0 Å². The zero-order valence-electron chi connectivity index (χ0n) is 9.86. The predicted molar refractivity (Wildman–Crippen MR) is 64.1 cm³/mol. The average molecular weight is 220 g/mol. The SMILES string of the molecule is COC1(C(N)Cc2ccccn2)CCCC1. The molecule has 1 unspecified atom stereocenters. The number of rotatable bonds is 4. The van der Waals surface area contributed by atoms with E-state index in [1.807, 2.05) is 24.4 Å². The highest BCUT2D eigenvalue weighted by molar-refractivity contribution is 5.08. The molecule has 88 valence electrons. The fraction of sp³-hybridized carbons (Fsp3) is 0.615. The minimum absolute atomic E-state index is 0.0508. The summed E-state index contributed by atoms with van der Waals surface area (Å²) >= 11 is 0. The normalized spacial score (nSPS) is 20.9. The second-order valence-corrected chi connectivity index (χ2v) is 4.61. The summed E-state index contributed by atoms with van der Waals surface area (Å²) in [4.78, 5) is 4.32. The van der Waals surface area contributed by atoms with Crippen molar-refractivity contribution in [3.05, 3.63) is 30.1 Å². The Kier molecular flexibility index (Phi) is 3.56. The molecule has 1 aliphatic rings. The smallest absolute Gasteiger partial charge is 0.0832 e. The van der Waals surface area contributed by atoms with E-state index in [2.05, 4.69) is 4.98 Å². The van der Waals surface area contributed by atoms with E-state index in [1.165, 1.54) is 12.8 Å². The van der Waals surface area contributed by atoms with Gasteiger partial charge in [-0.25, -0.2) is 0 Å². The van der Waals surface area contributed by atoms with Gasteiger partial charge in [0.05, 0.1) is 5.60 Å². The zero-order chi connectivity index (χ0) is 11.4. The van der Waals surface area contributed by atoms with Crippen LogP contribution in [0.25, 0.3) is 0 Å². The Morgan fingerprint density at radius 1 is 1.44 bits per heavy atom. The van der Waals surface area contributed by atoms with Gasteiger partial charge in [0.25, 0.3) is 0 Å². The monoisotopic (exact) mass is 220 g/mol. The average Bonchev–Trinajstić information content (AvgIpc) is 2.80. The highest BCUT2D eigenvalue weighted by Crippen LogP contribution is 2.35. The fourth-order valence-corrected chi connectivity index (χ4v) is 2.63. The van der Waals surface area contributed by atoms with E-state index in [1.54, 1.807) is 7.11 Å². The predicted octanol–water partition coefficient (Wildman–Crippen LogP) is 1.91. The summed E-state index contributed by atoms with van der Waals surface area (Å²) in [7, 11) is 1.78. The number of nitrogens with two attached hydrogens (primary N) is 1. The van der Waals surface area contributed by atoms with Crippen LogP contribution in [0.2, 0.25) is 0 Å². The van der Waals surface area contributed by atoms with Crippen LogP contribution in [-0.2, 0) is 11.2 Å². The Bertz CT molecular complexity index is 320. The Morgan fingerprint density at radius 3 is 2.75 bits per heavy atom. The van der Waals surface area contributed by atoms with Crippen LogP contribution in [0.3, 0.4) is 0 Å². The number of hydrogen-bond acceptors (Lipinski definition) is 3. The maximum absolute atomic E-state index is 6.29. The molecule has 2 rings (SSSR count). The van der Waals surface area contributed by atoms with Crippen molar-refractivity contribution >= 4 is 0 Å². The lowest BCUT2D eigenvalue weighted by molar-refractivity contribution is -0.0255. The quantitative estimate of drug-likeness (QED) is 0.843. The number of aromatic nitrogens is 1. The van der Waals surface area contributed by atoms with Gasteiger partial charge in [0.1, 0.15) is 0 Å². The van der Waals surface area contributed by atoms with Gasteiger partial charge in [0.15, 0.2) is 0 Å². The summed E-state index contributed by atoms with van der Waals surface area (Å²) < 4.78 is 5.68. The number of pyridine rings is 1. The molecule has 0 spiro atoms. The number of ether oxygens (including phenoxy) is 1. The van der Waals surface area contributed by atoms with E-state index in [-0.39, 0.29) is 11.6 Å².